The molecule has 0 aromatic carbocycles. The van der Waals surface area contributed by atoms with Crippen LogP contribution in [0, 0.1) is 5.92 Å². The molecule has 1 aliphatic heterocycles. The highest BCUT2D eigenvalue weighted by Crippen LogP contribution is 2.21. The van der Waals surface area contributed by atoms with E-state index >= 15 is 0 Å². The van der Waals surface area contributed by atoms with Crippen molar-refractivity contribution in [2.24, 2.45) is 11.1 Å². The second kappa shape index (κ2) is 4.44. The standard InChI is InChI=1S/C7H14N2O5S/c1-2-9(15(8,12)13)6-4-14-3-5(6)7(10)11/h5-6H,2-4H2,1H3,(H,10,11)(H2,8,12,13). The molecule has 0 spiro atoms. The summed E-state index contributed by atoms with van der Waals surface area (Å²) in [5, 5.41) is 13.8. The maximum Gasteiger partial charge on any atom is 0.310 e. The number of hydrogen-bond acceptors (Lipinski definition) is 4. The highest BCUT2D eigenvalue weighted by atomic mass is 32.2. The predicted molar refractivity (Wildman–Crippen MR) is 51.2 cm³/mol. The van der Waals surface area contributed by atoms with Gasteiger partial charge < -0.3 is 9.84 Å². The lowest BCUT2D eigenvalue weighted by atomic mass is 10.0. The van der Waals surface area contributed by atoms with Gasteiger partial charge >= 0.3 is 5.97 Å². The van der Waals surface area contributed by atoms with Gasteiger partial charge in [-0.15, -0.1) is 0 Å². The Hall–Kier alpha value is -0.700. The number of aliphatic carboxylic acids is 1. The van der Waals surface area contributed by atoms with E-state index in [1.54, 1.807) is 6.92 Å². The van der Waals surface area contributed by atoms with Gasteiger partial charge in [0.1, 0.15) is 0 Å². The van der Waals surface area contributed by atoms with Crippen LogP contribution in [0.4, 0.5) is 0 Å². The van der Waals surface area contributed by atoms with Crippen molar-refractivity contribution in [3.05, 3.63) is 0 Å². The average Bonchev–Trinajstić information content (AvgIpc) is 2.51. The summed E-state index contributed by atoms with van der Waals surface area (Å²) in [5.41, 5.74) is 0. The molecular weight excluding hydrogens is 224 g/mol. The molecule has 2 unspecified atom stereocenters. The number of carboxylic acid groups (broad SMARTS) is 1. The van der Waals surface area contributed by atoms with Gasteiger partial charge in [-0.3, -0.25) is 4.79 Å². The van der Waals surface area contributed by atoms with E-state index in [0.717, 1.165) is 4.31 Å². The highest BCUT2D eigenvalue weighted by Gasteiger charge is 2.41. The van der Waals surface area contributed by atoms with Gasteiger partial charge in [-0.2, -0.15) is 12.7 Å². The first-order chi connectivity index (χ1) is 6.88. The Bertz CT molecular complexity index is 341. The van der Waals surface area contributed by atoms with Crippen molar-refractivity contribution in [1.29, 1.82) is 0 Å². The molecule has 1 heterocycles. The quantitative estimate of drug-likeness (QED) is 0.626. The van der Waals surface area contributed by atoms with E-state index in [0.29, 0.717) is 0 Å². The van der Waals surface area contributed by atoms with E-state index in [-0.39, 0.29) is 19.8 Å². The number of likely N-dealkylation sites (N-methyl/N-ethyl adjacent to an activating group) is 1. The Labute approximate surface area is 88.0 Å². The molecule has 0 bridgehead atoms. The first-order valence-corrected chi connectivity index (χ1v) is 5.98. The molecule has 3 N–H and O–H groups in total. The minimum absolute atomic E-state index is 0.0199. The summed E-state index contributed by atoms with van der Waals surface area (Å²) >= 11 is 0. The Morgan fingerprint density at radius 3 is 2.60 bits per heavy atom. The number of carboxylic acids is 1. The number of nitrogens with two attached hydrogens (primary N) is 1. The lowest BCUT2D eigenvalue weighted by molar-refractivity contribution is -0.142. The fourth-order valence-corrected chi connectivity index (χ4v) is 2.61. The molecular formula is C7H14N2O5S. The van der Waals surface area contributed by atoms with Gasteiger partial charge in [-0.1, -0.05) is 6.92 Å². The molecule has 7 nitrogen and oxygen atoms in total. The highest BCUT2D eigenvalue weighted by molar-refractivity contribution is 7.86. The Balaban J connectivity index is 2.90. The van der Waals surface area contributed by atoms with Gasteiger partial charge in [-0.25, -0.2) is 5.14 Å². The SMILES string of the molecule is CCN(C1COCC1C(=O)O)S(N)(=O)=O. The van der Waals surface area contributed by atoms with Crippen molar-refractivity contribution in [2.45, 2.75) is 13.0 Å². The molecule has 2 atom stereocenters. The van der Waals surface area contributed by atoms with Gasteiger partial charge in [0.15, 0.2) is 0 Å². The Kier molecular flexibility index (Phi) is 3.66. The van der Waals surface area contributed by atoms with E-state index in [4.69, 9.17) is 15.0 Å². The van der Waals surface area contributed by atoms with E-state index in [9.17, 15) is 13.2 Å². The molecule has 1 saturated heterocycles. The maximum atomic E-state index is 11.2. The fraction of sp³-hybridized carbons (Fsp3) is 0.857. The average molecular weight is 238 g/mol. The molecule has 15 heavy (non-hydrogen) atoms. The molecule has 0 aromatic rings. The zero-order valence-electron chi connectivity index (χ0n) is 8.29. The second-order valence-corrected chi connectivity index (χ2v) is 4.80. The van der Waals surface area contributed by atoms with Crippen LogP contribution < -0.4 is 5.14 Å². The van der Waals surface area contributed by atoms with Crippen molar-refractivity contribution in [3.63, 3.8) is 0 Å². The van der Waals surface area contributed by atoms with Crippen LogP contribution in [0.3, 0.4) is 0 Å². The molecule has 1 rings (SSSR count). The molecule has 0 radical (unpaired) electrons. The van der Waals surface area contributed by atoms with E-state index < -0.39 is 28.1 Å². The zero-order chi connectivity index (χ0) is 11.6. The largest absolute Gasteiger partial charge is 0.481 e. The van der Waals surface area contributed by atoms with Crippen molar-refractivity contribution in [2.75, 3.05) is 19.8 Å². The molecule has 1 fully saturated rings. The van der Waals surface area contributed by atoms with Crippen LogP contribution in [0.1, 0.15) is 6.92 Å². The van der Waals surface area contributed by atoms with Crippen molar-refractivity contribution >= 4 is 16.2 Å². The molecule has 0 amide bonds. The summed E-state index contributed by atoms with van der Waals surface area (Å²) < 4.78 is 28.3. The number of hydrogen-bond donors (Lipinski definition) is 2. The van der Waals surface area contributed by atoms with Crippen LogP contribution >= 0.6 is 0 Å². The molecule has 88 valence electrons. The maximum absolute atomic E-state index is 11.2. The van der Waals surface area contributed by atoms with Gasteiger partial charge in [0.25, 0.3) is 10.2 Å². The number of carbonyl (C=O) groups is 1. The summed E-state index contributed by atoms with van der Waals surface area (Å²) in [4.78, 5) is 10.8. The summed E-state index contributed by atoms with van der Waals surface area (Å²) in [6.45, 7) is 1.82. The van der Waals surface area contributed by atoms with Gasteiger partial charge in [-0.05, 0) is 0 Å². The van der Waals surface area contributed by atoms with Gasteiger partial charge in [0, 0.05) is 6.54 Å². The third-order valence-electron chi connectivity index (χ3n) is 2.38. The van der Waals surface area contributed by atoms with E-state index in [2.05, 4.69) is 0 Å². The molecule has 8 heteroatoms. The van der Waals surface area contributed by atoms with Crippen molar-refractivity contribution in [1.82, 2.24) is 4.31 Å². The lowest BCUT2D eigenvalue weighted by Crippen LogP contribution is -2.49. The molecule has 0 aromatic heterocycles. The van der Waals surface area contributed by atoms with Gasteiger partial charge in [0.2, 0.25) is 0 Å². The van der Waals surface area contributed by atoms with Crippen LogP contribution in [0.5, 0.6) is 0 Å². The Morgan fingerprint density at radius 2 is 2.20 bits per heavy atom. The predicted octanol–water partition coefficient (Wildman–Crippen LogP) is -1.39. The van der Waals surface area contributed by atoms with E-state index in [1.807, 2.05) is 0 Å². The zero-order valence-corrected chi connectivity index (χ0v) is 9.11. The van der Waals surface area contributed by atoms with Crippen LogP contribution in [0.2, 0.25) is 0 Å². The topological polar surface area (TPSA) is 110 Å². The summed E-state index contributed by atoms with van der Waals surface area (Å²) in [5.74, 6) is -1.91. The third kappa shape index (κ3) is 2.65. The summed E-state index contributed by atoms with van der Waals surface area (Å²) in [7, 11) is -3.87. The van der Waals surface area contributed by atoms with Crippen LogP contribution in [0.15, 0.2) is 0 Å². The monoisotopic (exact) mass is 238 g/mol. The summed E-state index contributed by atoms with van der Waals surface area (Å²) in [6.07, 6.45) is 0. The van der Waals surface area contributed by atoms with E-state index in [1.165, 1.54) is 0 Å². The van der Waals surface area contributed by atoms with Gasteiger partial charge in [0.05, 0.1) is 25.2 Å². The number of ether oxygens (including phenoxy) is 1. The van der Waals surface area contributed by atoms with Crippen LogP contribution in [-0.4, -0.2) is 49.6 Å². The third-order valence-corrected chi connectivity index (χ3v) is 3.56. The Morgan fingerprint density at radius 1 is 1.60 bits per heavy atom. The normalized spacial score (nSPS) is 27.1. The molecule has 0 aliphatic carbocycles. The van der Waals surface area contributed by atoms with Crippen molar-refractivity contribution in [3.8, 4) is 0 Å². The van der Waals surface area contributed by atoms with Crippen LogP contribution in [0.25, 0.3) is 0 Å². The number of nitrogens with zero attached hydrogens (tertiary/aromatic N) is 1. The fourth-order valence-electron chi connectivity index (χ4n) is 1.67. The lowest BCUT2D eigenvalue weighted by Gasteiger charge is -2.25. The molecule has 1 aliphatic rings. The first-order valence-electron chi connectivity index (χ1n) is 4.48. The minimum Gasteiger partial charge on any atom is -0.481 e. The second-order valence-electron chi connectivity index (χ2n) is 3.30. The minimum atomic E-state index is -3.87. The number of rotatable bonds is 4. The summed E-state index contributed by atoms with van der Waals surface area (Å²) in [6, 6.07) is -0.706. The smallest absolute Gasteiger partial charge is 0.310 e. The van der Waals surface area contributed by atoms with Crippen LogP contribution in [-0.2, 0) is 19.7 Å². The molecule has 0 saturated carbocycles. The van der Waals surface area contributed by atoms with Crippen molar-refractivity contribution < 1.29 is 23.1 Å². The first kappa shape index (κ1) is 12.4.